The van der Waals surface area contributed by atoms with E-state index in [1.165, 1.54) is 4.90 Å². The first kappa shape index (κ1) is 26.7. The predicted octanol–water partition coefficient (Wildman–Crippen LogP) is -0.691. The molecule has 3 rings (SSSR count). The monoisotopic (exact) mass is 485 g/mol. The van der Waals surface area contributed by atoms with E-state index in [0.717, 1.165) is 0 Å². The van der Waals surface area contributed by atoms with Gasteiger partial charge in [0.2, 0.25) is 0 Å². The number of nitrogens with one attached hydrogen (secondary N) is 2. The molecule has 0 aromatic heterocycles. The highest BCUT2D eigenvalue weighted by molar-refractivity contribution is 5.66. The maximum absolute atomic E-state index is 11.0. The van der Waals surface area contributed by atoms with Crippen LogP contribution >= 0.6 is 0 Å². The molecule has 0 spiro atoms. The number of aliphatic hydroxyl groups is 4. The minimum absolute atomic E-state index is 0.0291. The zero-order valence-electron chi connectivity index (χ0n) is 19.0. The molecule has 2 aliphatic rings. The second kappa shape index (κ2) is 13.3. The van der Waals surface area contributed by atoms with Gasteiger partial charge in [0.25, 0.3) is 0 Å². The minimum atomic E-state index is -1.11. The largest absolute Gasteiger partial charge is 0.481 e. The molecule has 2 aliphatic heterocycles. The molecule has 1 saturated heterocycles. The van der Waals surface area contributed by atoms with Gasteiger partial charge < -0.3 is 45.1 Å². The zero-order chi connectivity index (χ0) is 24.5. The van der Waals surface area contributed by atoms with Gasteiger partial charge >= 0.3 is 5.97 Å². The summed E-state index contributed by atoms with van der Waals surface area (Å²) in [5.41, 5.74) is 1.79. The number of anilines is 1. The van der Waals surface area contributed by atoms with Gasteiger partial charge in [-0.15, -0.1) is 0 Å². The van der Waals surface area contributed by atoms with Crippen molar-refractivity contribution in [1.82, 2.24) is 10.2 Å². The Morgan fingerprint density at radius 3 is 2.32 bits per heavy atom. The average molecular weight is 486 g/mol. The fraction of sp³-hybridized carbons (Fsp3) is 0.682. The Kier molecular flexibility index (Phi) is 10.4. The number of aliphatic hydroxyl groups excluding tert-OH is 4. The molecule has 5 atom stereocenters. The smallest absolute Gasteiger partial charge is 0.305 e. The molecule has 7 N–H and O–H groups in total. The number of nitrogens with zero attached hydrogens (tertiary/aromatic N) is 1. The predicted molar refractivity (Wildman–Crippen MR) is 120 cm³/mol. The van der Waals surface area contributed by atoms with E-state index in [9.17, 15) is 25.2 Å². The summed E-state index contributed by atoms with van der Waals surface area (Å²) in [4.78, 5) is 11.8. The Labute approximate surface area is 198 Å². The van der Waals surface area contributed by atoms with Crippen LogP contribution in [0.2, 0.25) is 0 Å². The van der Waals surface area contributed by atoms with Crippen LogP contribution in [-0.4, -0.2) is 101 Å². The van der Waals surface area contributed by atoms with Crippen LogP contribution in [0.5, 0.6) is 0 Å². The van der Waals surface area contributed by atoms with Gasteiger partial charge in [-0.2, -0.15) is 0 Å². The lowest BCUT2D eigenvalue weighted by molar-refractivity contribution is -0.158. The summed E-state index contributed by atoms with van der Waals surface area (Å²) >= 11 is 0. The van der Waals surface area contributed by atoms with E-state index >= 15 is 0 Å². The van der Waals surface area contributed by atoms with Gasteiger partial charge in [0, 0.05) is 23.4 Å². The van der Waals surface area contributed by atoms with Crippen molar-refractivity contribution in [3.05, 3.63) is 29.3 Å². The number of benzene rings is 1. The molecule has 1 aromatic rings. The summed E-state index contributed by atoms with van der Waals surface area (Å²) in [6, 6.07) is 4.78. The summed E-state index contributed by atoms with van der Waals surface area (Å²) in [5.74, 6) is -0.896. The molecule has 0 aliphatic carbocycles. The number of hydrogen-bond donors (Lipinski definition) is 7. The van der Waals surface area contributed by atoms with Crippen molar-refractivity contribution in [2.24, 2.45) is 0 Å². The molecule has 0 bridgehead atoms. The van der Waals surface area contributed by atoms with Crippen LogP contribution in [0.4, 0.5) is 5.69 Å². The van der Waals surface area contributed by atoms with Crippen LogP contribution in [0.15, 0.2) is 18.2 Å². The second-order valence-corrected chi connectivity index (χ2v) is 8.18. The van der Waals surface area contributed by atoms with E-state index in [1.54, 1.807) is 12.1 Å². The number of carboxylic acid groups (broad SMARTS) is 1. The van der Waals surface area contributed by atoms with Gasteiger partial charge in [-0.3, -0.25) is 10.1 Å². The lowest BCUT2D eigenvalue weighted by Gasteiger charge is -2.40. The summed E-state index contributed by atoms with van der Waals surface area (Å²) in [7, 11) is 0. The van der Waals surface area contributed by atoms with Crippen LogP contribution in [-0.2, 0) is 19.0 Å². The third kappa shape index (κ3) is 7.07. The van der Waals surface area contributed by atoms with Crippen LogP contribution in [0.3, 0.4) is 0 Å². The fourth-order valence-corrected chi connectivity index (χ4v) is 4.21. The number of carbonyl (C=O) groups is 1. The van der Waals surface area contributed by atoms with E-state index in [4.69, 9.17) is 19.3 Å². The molecule has 12 nitrogen and oxygen atoms in total. The first-order valence-corrected chi connectivity index (χ1v) is 11.5. The molecule has 1 aromatic carbocycles. The molecular weight excluding hydrogens is 450 g/mol. The molecule has 5 unspecified atom stereocenters. The third-order valence-electron chi connectivity index (χ3n) is 5.85. The van der Waals surface area contributed by atoms with Gasteiger partial charge in [-0.1, -0.05) is 12.1 Å². The van der Waals surface area contributed by atoms with Crippen molar-refractivity contribution in [3.63, 3.8) is 0 Å². The molecule has 0 amide bonds. The standard InChI is InChI=1S/C22H35N3O9/c26-17-5-4-16(20(29)24-17)25-21(30)14-2-1-3-15(19(14)22(25)31)23-7-9-33-11-13-34-12-10-32-8-6-18(27)28/h1-3,16-17,20-24,26,29-31H,4-13H2,(H,27,28). The van der Waals surface area contributed by atoms with Crippen molar-refractivity contribution in [3.8, 4) is 0 Å². The number of aliphatic carboxylic acids is 1. The van der Waals surface area contributed by atoms with Gasteiger partial charge in [-0.05, 0) is 18.9 Å². The number of piperidine rings is 1. The average Bonchev–Trinajstić information content (AvgIpc) is 3.05. The second-order valence-electron chi connectivity index (χ2n) is 8.18. The minimum Gasteiger partial charge on any atom is -0.481 e. The molecule has 12 heteroatoms. The normalized spacial score (nSPS) is 27.0. The first-order chi connectivity index (χ1) is 16.4. The molecule has 2 heterocycles. The van der Waals surface area contributed by atoms with Crippen LogP contribution in [0, 0.1) is 0 Å². The zero-order valence-corrected chi connectivity index (χ0v) is 19.0. The molecule has 1 fully saturated rings. The Morgan fingerprint density at radius 1 is 0.971 bits per heavy atom. The molecule has 192 valence electrons. The van der Waals surface area contributed by atoms with E-state index in [2.05, 4.69) is 10.6 Å². The third-order valence-corrected chi connectivity index (χ3v) is 5.85. The van der Waals surface area contributed by atoms with Gasteiger partial charge in [0.15, 0.2) is 0 Å². The van der Waals surface area contributed by atoms with Crippen molar-refractivity contribution in [1.29, 1.82) is 0 Å². The summed E-state index contributed by atoms with van der Waals surface area (Å²) < 4.78 is 16.0. The Morgan fingerprint density at radius 2 is 1.65 bits per heavy atom. The number of carboxylic acids is 1. The molecule has 0 saturated carbocycles. The van der Waals surface area contributed by atoms with Crippen LogP contribution < -0.4 is 10.6 Å². The van der Waals surface area contributed by atoms with E-state index < -0.39 is 36.9 Å². The molecule has 0 radical (unpaired) electrons. The summed E-state index contributed by atoms with van der Waals surface area (Å²) in [5, 5.41) is 56.1. The lowest BCUT2D eigenvalue weighted by atomic mass is 10.0. The SMILES string of the molecule is O=C(O)CCOCCOCCOCCNc1cccc2c1C(O)N(C1CCC(O)NC1O)C2O. The topological polar surface area (TPSA) is 173 Å². The number of hydrogen-bond acceptors (Lipinski definition) is 11. The van der Waals surface area contributed by atoms with E-state index in [-0.39, 0.29) is 13.0 Å². The van der Waals surface area contributed by atoms with Crippen molar-refractivity contribution >= 4 is 11.7 Å². The highest BCUT2D eigenvalue weighted by atomic mass is 16.5. The number of ether oxygens (including phenoxy) is 3. The Bertz CT molecular complexity index is 784. The lowest BCUT2D eigenvalue weighted by Crippen LogP contribution is -2.57. The highest BCUT2D eigenvalue weighted by Crippen LogP contribution is 2.45. The summed E-state index contributed by atoms with van der Waals surface area (Å²) in [6.45, 7) is 2.48. The van der Waals surface area contributed by atoms with Gasteiger partial charge in [0.1, 0.15) is 24.9 Å². The maximum Gasteiger partial charge on any atom is 0.305 e. The Balaban J connectivity index is 1.38. The number of fused-ring (bicyclic) bond motifs is 1. The maximum atomic E-state index is 11.0. The molecular formula is C22H35N3O9. The molecule has 34 heavy (non-hydrogen) atoms. The first-order valence-electron chi connectivity index (χ1n) is 11.5. The van der Waals surface area contributed by atoms with Gasteiger partial charge in [-0.25, -0.2) is 4.90 Å². The highest BCUT2D eigenvalue weighted by Gasteiger charge is 2.45. The quantitative estimate of drug-likeness (QED) is 0.166. The van der Waals surface area contributed by atoms with Crippen LogP contribution in [0.1, 0.15) is 42.8 Å². The van der Waals surface area contributed by atoms with Crippen molar-refractivity contribution in [2.75, 3.05) is 51.5 Å². The van der Waals surface area contributed by atoms with E-state index in [0.29, 0.717) is 69.2 Å². The Hall–Kier alpha value is -1.87. The van der Waals surface area contributed by atoms with Crippen molar-refractivity contribution < 1.29 is 44.5 Å². The van der Waals surface area contributed by atoms with Crippen LogP contribution in [0.25, 0.3) is 0 Å². The van der Waals surface area contributed by atoms with E-state index in [1.807, 2.05) is 6.07 Å². The summed E-state index contributed by atoms with van der Waals surface area (Å²) in [6.07, 6.45) is -3.29. The number of rotatable bonds is 14. The van der Waals surface area contributed by atoms with Crippen molar-refractivity contribution in [2.45, 2.75) is 50.2 Å². The fourth-order valence-electron chi connectivity index (χ4n) is 4.21. The van der Waals surface area contributed by atoms with Gasteiger partial charge in [0.05, 0.1) is 52.1 Å².